The maximum atomic E-state index is 12.7. The summed E-state index contributed by atoms with van der Waals surface area (Å²) in [4.78, 5) is 30.6. The number of hydrogen-bond acceptors (Lipinski definition) is 6. The van der Waals surface area contributed by atoms with E-state index in [2.05, 4.69) is 21.5 Å². The lowest BCUT2D eigenvalue weighted by Crippen LogP contribution is -2.47. The summed E-state index contributed by atoms with van der Waals surface area (Å²) in [6, 6.07) is 15.3. The molecule has 1 saturated heterocycles. The molecule has 9 nitrogen and oxygen atoms in total. The van der Waals surface area contributed by atoms with E-state index in [1.165, 1.54) is 6.08 Å². The highest BCUT2D eigenvalue weighted by molar-refractivity contribution is 5.98. The number of pyridine rings is 1. The molecule has 1 fully saturated rings. The number of benzene rings is 1. The minimum atomic E-state index is -0.639. The standard InChI is InChI=1S/C25H25N7O2/c26-13-10-25(11-15-31(16-12-25)22(33)9-8-19-5-4-14-28-17-19)32-18-21(23(27)34)24(30-32)29-20-6-2-1-3-7-20/h1-9,14,17-18H,10-12,15-16H2,(H2,27,34)(H,29,30). The second-order valence-electron chi connectivity index (χ2n) is 8.20. The number of carbonyl (C=O) groups is 2. The molecule has 9 heteroatoms. The first kappa shape index (κ1) is 22.7. The van der Waals surface area contributed by atoms with Gasteiger partial charge in [-0.3, -0.25) is 19.3 Å². The van der Waals surface area contributed by atoms with Crippen LogP contribution in [0.3, 0.4) is 0 Å². The van der Waals surface area contributed by atoms with Gasteiger partial charge >= 0.3 is 0 Å². The summed E-state index contributed by atoms with van der Waals surface area (Å²) in [6.07, 6.45) is 9.49. The fraction of sp³-hybridized carbons (Fsp3) is 0.240. The molecule has 0 unspecified atom stereocenters. The highest BCUT2D eigenvalue weighted by atomic mass is 16.2. The van der Waals surface area contributed by atoms with Crippen LogP contribution in [0, 0.1) is 11.3 Å². The Hall–Kier alpha value is -4.45. The summed E-state index contributed by atoms with van der Waals surface area (Å²) < 4.78 is 1.68. The van der Waals surface area contributed by atoms with Gasteiger partial charge in [0.2, 0.25) is 5.91 Å². The van der Waals surface area contributed by atoms with Gasteiger partial charge in [0.15, 0.2) is 5.82 Å². The molecular formula is C25H25N7O2. The number of amides is 2. The Morgan fingerprint density at radius 2 is 1.94 bits per heavy atom. The van der Waals surface area contributed by atoms with Crippen molar-refractivity contribution in [3.63, 3.8) is 0 Å². The molecule has 172 valence electrons. The second-order valence-corrected chi connectivity index (χ2v) is 8.20. The largest absolute Gasteiger partial charge is 0.365 e. The van der Waals surface area contributed by atoms with Crippen LogP contribution in [0.2, 0.25) is 0 Å². The quantitative estimate of drug-likeness (QED) is 0.527. The van der Waals surface area contributed by atoms with Crippen molar-refractivity contribution in [3.8, 4) is 6.07 Å². The molecule has 0 bridgehead atoms. The van der Waals surface area contributed by atoms with Gasteiger partial charge in [-0.25, -0.2) is 0 Å². The number of piperidine rings is 1. The topological polar surface area (TPSA) is 130 Å². The monoisotopic (exact) mass is 455 g/mol. The third-order valence-corrected chi connectivity index (χ3v) is 6.02. The van der Waals surface area contributed by atoms with Crippen molar-refractivity contribution in [1.29, 1.82) is 5.26 Å². The molecule has 2 aromatic heterocycles. The number of nitrogens with one attached hydrogen (secondary N) is 1. The van der Waals surface area contributed by atoms with Gasteiger partial charge in [0.05, 0.1) is 18.0 Å². The molecule has 1 aromatic carbocycles. The van der Waals surface area contributed by atoms with Gasteiger partial charge in [0, 0.05) is 43.4 Å². The Kier molecular flexibility index (Phi) is 6.69. The highest BCUT2D eigenvalue weighted by Gasteiger charge is 2.39. The summed E-state index contributed by atoms with van der Waals surface area (Å²) in [5, 5.41) is 17.3. The first-order chi connectivity index (χ1) is 16.5. The van der Waals surface area contributed by atoms with Gasteiger partial charge in [0.1, 0.15) is 5.56 Å². The second kappa shape index (κ2) is 10.0. The summed E-state index contributed by atoms with van der Waals surface area (Å²) in [6.45, 7) is 0.927. The number of nitrogens with zero attached hydrogens (tertiary/aromatic N) is 5. The molecule has 1 aliphatic heterocycles. The van der Waals surface area contributed by atoms with Gasteiger partial charge in [-0.1, -0.05) is 24.3 Å². The Morgan fingerprint density at radius 1 is 1.18 bits per heavy atom. The molecule has 0 aliphatic carbocycles. The number of carbonyl (C=O) groups excluding carboxylic acids is 2. The SMILES string of the molecule is N#CCC1(n2cc(C(N)=O)c(Nc3ccccc3)n2)CCN(C(=O)C=Cc2cccnc2)CC1. The molecule has 3 N–H and O–H groups in total. The molecular weight excluding hydrogens is 430 g/mol. The first-order valence-electron chi connectivity index (χ1n) is 11.0. The average molecular weight is 456 g/mol. The predicted molar refractivity (Wildman–Crippen MR) is 128 cm³/mol. The van der Waals surface area contributed by atoms with Crippen molar-refractivity contribution in [2.75, 3.05) is 18.4 Å². The summed E-state index contributed by atoms with van der Waals surface area (Å²) in [7, 11) is 0. The van der Waals surface area contributed by atoms with Crippen LogP contribution in [0.15, 0.2) is 67.1 Å². The lowest BCUT2D eigenvalue weighted by atomic mass is 9.85. The van der Waals surface area contributed by atoms with E-state index in [-0.39, 0.29) is 17.9 Å². The maximum Gasteiger partial charge on any atom is 0.254 e. The predicted octanol–water partition coefficient (Wildman–Crippen LogP) is 3.07. The van der Waals surface area contributed by atoms with E-state index >= 15 is 0 Å². The summed E-state index contributed by atoms with van der Waals surface area (Å²) in [5.41, 5.74) is 6.84. The van der Waals surface area contributed by atoms with Crippen LogP contribution in [0.4, 0.5) is 11.5 Å². The number of rotatable bonds is 7. The Balaban J connectivity index is 1.52. The van der Waals surface area contributed by atoms with E-state index < -0.39 is 11.4 Å². The fourth-order valence-corrected chi connectivity index (χ4v) is 4.07. The zero-order chi connectivity index (χ0) is 24.0. The van der Waals surface area contributed by atoms with Crippen molar-refractivity contribution < 1.29 is 9.59 Å². The van der Waals surface area contributed by atoms with Crippen molar-refractivity contribution in [1.82, 2.24) is 19.7 Å². The number of aromatic nitrogens is 3. The van der Waals surface area contributed by atoms with Gasteiger partial charge in [-0.2, -0.15) is 10.4 Å². The molecule has 2 amide bonds. The van der Waals surface area contributed by atoms with E-state index in [0.717, 1.165) is 11.3 Å². The van der Waals surface area contributed by atoms with Crippen molar-refractivity contribution in [2.45, 2.75) is 24.8 Å². The molecule has 3 aromatic rings. The van der Waals surface area contributed by atoms with Crippen molar-refractivity contribution in [2.24, 2.45) is 5.73 Å². The molecule has 34 heavy (non-hydrogen) atoms. The van der Waals surface area contributed by atoms with Crippen LogP contribution < -0.4 is 11.1 Å². The van der Waals surface area contributed by atoms with Gasteiger partial charge in [0.25, 0.3) is 5.91 Å². The number of nitrogens with two attached hydrogens (primary N) is 1. The van der Waals surface area contributed by atoms with E-state index in [0.29, 0.717) is 31.7 Å². The van der Waals surface area contributed by atoms with Crippen LogP contribution >= 0.6 is 0 Å². The normalized spacial score (nSPS) is 15.1. The van der Waals surface area contributed by atoms with Crippen molar-refractivity contribution in [3.05, 3.63) is 78.3 Å². The minimum Gasteiger partial charge on any atom is -0.365 e. The molecule has 1 aliphatic rings. The lowest BCUT2D eigenvalue weighted by Gasteiger charge is -2.40. The molecule has 0 atom stereocenters. The molecule has 0 radical (unpaired) electrons. The van der Waals surface area contributed by atoms with E-state index in [4.69, 9.17) is 5.73 Å². The number of para-hydroxylation sites is 1. The number of primary amides is 1. The molecule has 0 saturated carbocycles. The van der Waals surface area contributed by atoms with Gasteiger partial charge in [-0.05, 0) is 42.7 Å². The fourth-order valence-electron chi connectivity index (χ4n) is 4.07. The van der Waals surface area contributed by atoms with E-state index in [1.807, 2.05) is 42.5 Å². The first-order valence-corrected chi connectivity index (χ1v) is 11.0. The number of likely N-dealkylation sites (tertiary alicyclic amines) is 1. The van der Waals surface area contributed by atoms with E-state index in [9.17, 15) is 14.9 Å². The zero-order valence-electron chi connectivity index (χ0n) is 18.6. The number of anilines is 2. The van der Waals surface area contributed by atoms with Crippen LogP contribution in [-0.2, 0) is 10.3 Å². The van der Waals surface area contributed by atoms with Gasteiger partial charge in [-0.15, -0.1) is 0 Å². The smallest absolute Gasteiger partial charge is 0.254 e. The Bertz CT molecular complexity index is 1220. The van der Waals surface area contributed by atoms with Crippen LogP contribution in [0.5, 0.6) is 0 Å². The van der Waals surface area contributed by atoms with Gasteiger partial charge < -0.3 is 16.0 Å². The average Bonchev–Trinajstić information content (AvgIpc) is 3.29. The van der Waals surface area contributed by atoms with Crippen LogP contribution in [-0.4, -0.2) is 44.6 Å². The number of hydrogen-bond donors (Lipinski definition) is 2. The number of nitriles is 1. The van der Waals surface area contributed by atoms with Crippen LogP contribution in [0.25, 0.3) is 6.08 Å². The molecule has 0 spiro atoms. The summed E-state index contributed by atoms with van der Waals surface area (Å²) in [5.74, 6) is -0.363. The Morgan fingerprint density at radius 3 is 2.59 bits per heavy atom. The van der Waals surface area contributed by atoms with E-state index in [1.54, 1.807) is 34.2 Å². The molecule has 4 rings (SSSR count). The maximum absolute atomic E-state index is 12.7. The van der Waals surface area contributed by atoms with Crippen LogP contribution in [0.1, 0.15) is 35.2 Å². The summed E-state index contributed by atoms with van der Waals surface area (Å²) >= 11 is 0. The van der Waals surface area contributed by atoms with Crippen molar-refractivity contribution >= 4 is 29.4 Å². The zero-order valence-corrected chi connectivity index (χ0v) is 18.6. The minimum absolute atomic E-state index is 0.0980. The Labute approximate surface area is 197 Å². The third-order valence-electron chi connectivity index (χ3n) is 6.02. The third kappa shape index (κ3) is 4.96. The lowest BCUT2D eigenvalue weighted by molar-refractivity contribution is -0.128. The highest BCUT2D eigenvalue weighted by Crippen LogP contribution is 2.35. The molecule has 3 heterocycles.